The molecule has 0 N–H and O–H groups in total. The minimum absolute atomic E-state index is 0.186. The Hall–Kier alpha value is -1.64. The Morgan fingerprint density at radius 2 is 2.18 bits per heavy atom. The van der Waals surface area contributed by atoms with Crippen molar-refractivity contribution in [2.45, 2.75) is 32.1 Å². The molecule has 3 nitrogen and oxygen atoms in total. The lowest BCUT2D eigenvalue weighted by Crippen LogP contribution is -2.31. The first kappa shape index (κ1) is 11.8. The lowest BCUT2D eigenvalue weighted by Gasteiger charge is -2.26. The maximum Gasteiger partial charge on any atom is 0.227 e. The van der Waals surface area contributed by atoms with E-state index < -0.39 is 0 Å². The first-order valence-corrected chi connectivity index (χ1v) is 6.04. The summed E-state index contributed by atoms with van der Waals surface area (Å²) in [6.45, 7) is 0. The van der Waals surface area contributed by atoms with Crippen LogP contribution in [0, 0.1) is 0 Å². The zero-order chi connectivity index (χ0) is 12.3. The van der Waals surface area contributed by atoms with Crippen LogP contribution >= 0.6 is 0 Å². The molecule has 0 aliphatic carbocycles. The first-order chi connectivity index (χ1) is 8.22. The van der Waals surface area contributed by atoms with Gasteiger partial charge in [-0.2, -0.15) is 0 Å². The van der Waals surface area contributed by atoms with E-state index >= 15 is 0 Å². The van der Waals surface area contributed by atoms with Crippen molar-refractivity contribution >= 4 is 17.9 Å². The van der Waals surface area contributed by atoms with Crippen LogP contribution in [0.3, 0.4) is 0 Å². The van der Waals surface area contributed by atoms with Crippen LogP contribution in [-0.2, 0) is 22.4 Å². The van der Waals surface area contributed by atoms with Crippen molar-refractivity contribution < 1.29 is 9.59 Å². The second kappa shape index (κ2) is 5.13. The third kappa shape index (κ3) is 2.54. The highest BCUT2D eigenvalue weighted by molar-refractivity contribution is 5.95. The van der Waals surface area contributed by atoms with E-state index in [1.165, 1.54) is 11.1 Å². The van der Waals surface area contributed by atoms with E-state index in [1.54, 1.807) is 4.90 Å². The summed E-state index contributed by atoms with van der Waals surface area (Å²) >= 11 is 0. The van der Waals surface area contributed by atoms with Gasteiger partial charge in [-0.1, -0.05) is 12.1 Å². The van der Waals surface area contributed by atoms with Gasteiger partial charge in [-0.05, 0) is 36.5 Å². The molecule has 1 aromatic carbocycles. The van der Waals surface area contributed by atoms with Crippen LogP contribution in [0.15, 0.2) is 18.2 Å². The van der Waals surface area contributed by atoms with Crippen LogP contribution in [0.2, 0.25) is 0 Å². The molecule has 1 aliphatic heterocycles. The molecule has 0 bridgehead atoms. The fourth-order valence-corrected chi connectivity index (χ4v) is 2.25. The molecule has 0 atom stereocenters. The molecule has 1 aliphatic rings. The maximum absolute atomic E-state index is 11.5. The number of unbranched alkanes of at least 4 members (excludes halogenated alkanes) is 1. The van der Waals surface area contributed by atoms with E-state index in [0.717, 1.165) is 31.2 Å². The minimum atomic E-state index is 0.186. The van der Waals surface area contributed by atoms with Crippen LogP contribution in [0.1, 0.15) is 30.4 Å². The van der Waals surface area contributed by atoms with Gasteiger partial charge in [0.25, 0.3) is 0 Å². The Labute approximate surface area is 101 Å². The molecule has 17 heavy (non-hydrogen) atoms. The summed E-state index contributed by atoms with van der Waals surface area (Å²) in [5.41, 5.74) is 3.53. The number of benzene rings is 1. The summed E-state index contributed by atoms with van der Waals surface area (Å²) in [6, 6.07) is 6.24. The normalized spacial score (nSPS) is 14.6. The molecule has 0 saturated heterocycles. The number of carbonyl (C=O) groups is 2. The molecule has 0 spiro atoms. The predicted molar refractivity (Wildman–Crippen MR) is 67.2 cm³/mol. The lowest BCUT2D eigenvalue weighted by atomic mass is 9.97. The molecule has 0 radical (unpaired) electrons. The highest BCUT2D eigenvalue weighted by Crippen LogP contribution is 2.27. The Morgan fingerprint density at radius 1 is 1.35 bits per heavy atom. The smallest absolute Gasteiger partial charge is 0.227 e. The number of rotatable bonds is 4. The fourth-order valence-electron chi connectivity index (χ4n) is 2.25. The van der Waals surface area contributed by atoms with Gasteiger partial charge in [-0.15, -0.1) is 0 Å². The van der Waals surface area contributed by atoms with Crippen molar-refractivity contribution in [3.8, 4) is 0 Å². The summed E-state index contributed by atoms with van der Waals surface area (Å²) in [7, 11) is 1.83. The highest BCUT2D eigenvalue weighted by Gasteiger charge is 2.20. The third-order valence-corrected chi connectivity index (χ3v) is 3.27. The van der Waals surface area contributed by atoms with Crippen LogP contribution in [0.5, 0.6) is 0 Å². The van der Waals surface area contributed by atoms with Crippen LogP contribution in [0.25, 0.3) is 0 Å². The molecule has 1 amide bonds. The lowest BCUT2D eigenvalue weighted by molar-refractivity contribution is -0.118. The zero-order valence-corrected chi connectivity index (χ0v) is 10.1. The number of anilines is 1. The van der Waals surface area contributed by atoms with E-state index in [1.807, 2.05) is 13.1 Å². The maximum atomic E-state index is 11.5. The summed E-state index contributed by atoms with van der Waals surface area (Å²) in [6.07, 6.45) is 4.85. The van der Waals surface area contributed by atoms with Gasteiger partial charge in [0.2, 0.25) is 5.91 Å². The summed E-state index contributed by atoms with van der Waals surface area (Å²) in [4.78, 5) is 23.5. The summed E-state index contributed by atoms with van der Waals surface area (Å²) in [5.74, 6) is 0.186. The molecular weight excluding hydrogens is 214 g/mol. The molecule has 0 fully saturated rings. The molecule has 0 aromatic heterocycles. The first-order valence-electron chi connectivity index (χ1n) is 6.04. The SMILES string of the molecule is CN1C(=O)CCc2cc(CCCC=O)ccc21. The van der Waals surface area contributed by atoms with E-state index in [2.05, 4.69) is 12.1 Å². The van der Waals surface area contributed by atoms with Gasteiger partial charge in [-0.3, -0.25) is 4.79 Å². The van der Waals surface area contributed by atoms with Gasteiger partial charge in [0.05, 0.1) is 0 Å². The molecule has 1 heterocycles. The fraction of sp³-hybridized carbons (Fsp3) is 0.429. The number of carbonyl (C=O) groups excluding carboxylic acids is 2. The molecule has 1 aromatic rings. The number of aldehydes is 1. The van der Waals surface area contributed by atoms with E-state index in [0.29, 0.717) is 12.8 Å². The van der Waals surface area contributed by atoms with Crippen molar-refractivity contribution in [2.75, 3.05) is 11.9 Å². The Balaban J connectivity index is 2.14. The third-order valence-electron chi connectivity index (χ3n) is 3.27. The Kier molecular flexibility index (Phi) is 3.57. The molecule has 0 saturated carbocycles. The Morgan fingerprint density at radius 3 is 2.94 bits per heavy atom. The average Bonchev–Trinajstić information content (AvgIpc) is 2.34. The van der Waals surface area contributed by atoms with E-state index in [-0.39, 0.29) is 5.91 Å². The van der Waals surface area contributed by atoms with E-state index in [4.69, 9.17) is 0 Å². The number of amides is 1. The van der Waals surface area contributed by atoms with Crippen molar-refractivity contribution in [3.63, 3.8) is 0 Å². The second-order valence-corrected chi connectivity index (χ2v) is 4.47. The molecule has 0 unspecified atom stereocenters. The number of hydrogen-bond acceptors (Lipinski definition) is 2. The van der Waals surface area contributed by atoms with Gasteiger partial charge in [0.1, 0.15) is 6.29 Å². The zero-order valence-electron chi connectivity index (χ0n) is 10.1. The monoisotopic (exact) mass is 231 g/mol. The number of aryl methyl sites for hydroxylation is 2. The molecule has 2 rings (SSSR count). The average molecular weight is 231 g/mol. The predicted octanol–water partition coefficient (Wildman–Crippen LogP) is 2.12. The second-order valence-electron chi connectivity index (χ2n) is 4.47. The molecular formula is C14H17NO2. The highest BCUT2D eigenvalue weighted by atomic mass is 16.2. The van der Waals surface area contributed by atoms with Gasteiger partial charge in [-0.25, -0.2) is 0 Å². The van der Waals surface area contributed by atoms with Crippen LogP contribution in [0.4, 0.5) is 5.69 Å². The van der Waals surface area contributed by atoms with Crippen LogP contribution in [-0.4, -0.2) is 19.2 Å². The van der Waals surface area contributed by atoms with E-state index in [9.17, 15) is 9.59 Å². The van der Waals surface area contributed by atoms with Gasteiger partial charge >= 0.3 is 0 Å². The topological polar surface area (TPSA) is 37.4 Å². The number of hydrogen-bond donors (Lipinski definition) is 0. The van der Waals surface area contributed by atoms with Crippen molar-refractivity contribution in [3.05, 3.63) is 29.3 Å². The number of fused-ring (bicyclic) bond motifs is 1. The summed E-state index contributed by atoms with van der Waals surface area (Å²) < 4.78 is 0. The Bertz CT molecular complexity index is 440. The van der Waals surface area contributed by atoms with Crippen LogP contribution < -0.4 is 4.90 Å². The van der Waals surface area contributed by atoms with Gasteiger partial charge < -0.3 is 9.69 Å². The minimum Gasteiger partial charge on any atom is -0.315 e. The molecule has 90 valence electrons. The summed E-state index contributed by atoms with van der Waals surface area (Å²) in [5, 5.41) is 0. The largest absolute Gasteiger partial charge is 0.315 e. The molecule has 3 heteroatoms. The van der Waals surface area contributed by atoms with Gasteiger partial charge in [0, 0.05) is 25.6 Å². The van der Waals surface area contributed by atoms with Gasteiger partial charge in [0.15, 0.2) is 0 Å². The van der Waals surface area contributed by atoms with Crippen molar-refractivity contribution in [2.24, 2.45) is 0 Å². The standard InChI is InChI=1S/C14H17NO2/c1-15-13-7-5-11(4-2-3-9-16)10-12(13)6-8-14(15)17/h5,7,9-10H,2-4,6,8H2,1H3. The number of nitrogens with zero attached hydrogens (tertiary/aromatic N) is 1. The quantitative estimate of drug-likeness (QED) is 0.588. The van der Waals surface area contributed by atoms with Crippen molar-refractivity contribution in [1.29, 1.82) is 0 Å². The van der Waals surface area contributed by atoms with Crippen molar-refractivity contribution in [1.82, 2.24) is 0 Å².